The highest BCUT2D eigenvalue weighted by molar-refractivity contribution is 5.89. The molecule has 0 spiro atoms. The van der Waals surface area contributed by atoms with E-state index >= 15 is 0 Å². The number of likely N-dealkylation sites (N-methyl/N-ethyl adjacent to an activating group) is 2. The molecule has 0 unspecified atom stereocenters. The van der Waals surface area contributed by atoms with E-state index in [1.807, 2.05) is 72.1 Å². The molecule has 2 N–H and O–H groups in total. The fourth-order valence-corrected chi connectivity index (χ4v) is 7.55. The number of Topliss-reactive ketones (excluding diaryl/α,β-unsaturated/α-hetero) is 2. The van der Waals surface area contributed by atoms with Gasteiger partial charge in [0.05, 0.1) is 43.2 Å². The predicted octanol–water partition coefficient (Wildman–Crippen LogP) is 4.02. The first kappa shape index (κ1) is 44.0. The lowest BCUT2D eigenvalue weighted by Crippen LogP contribution is -2.54. The van der Waals surface area contributed by atoms with E-state index < -0.39 is 41.9 Å². The van der Waals surface area contributed by atoms with Crippen LogP contribution in [0.25, 0.3) is 0 Å². The molecule has 0 radical (unpaired) electrons. The third kappa shape index (κ3) is 12.5. The Labute approximate surface area is 305 Å². The monoisotopic (exact) mass is 716 g/mol. The van der Waals surface area contributed by atoms with Gasteiger partial charge in [0.25, 0.3) is 0 Å². The van der Waals surface area contributed by atoms with Gasteiger partial charge in [-0.2, -0.15) is 0 Å². The fraction of sp³-hybridized carbons (Fsp3) is 0.718. The van der Waals surface area contributed by atoms with E-state index in [0.717, 1.165) is 18.4 Å². The number of amides is 3. The van der Waals surface area contributed by atoms with Gasteiger partial charge >= 0.3 is 0 Å². The van der Waals surface area contributed by atoms with Crippen LogP contribution in [0.2, 0.25) is 0 Å². The van der Waals surface area contributed by atoms with Crippen molar-refractivity contribution in [2.24, 2.45) is 29.6 Å². The topological polar surface area (TPSA) is 146 Å². The summed E-state index contributed by atoms with van der Waals surface area (Å²) in [6.07, 6.45) is 1.28. The molecule has 1 heterocycles. The SMILES string of the molecule is CC[C@H](C)[C@@H]([C@@H](CC(=O)N1CCC[C@H]1[C@H](OC)[C@@H](C)C(=O)C[C@@H](Cc1ccccc1)C(=O)NO)OC)N(C)C(=O)[C@@H](CC(=O)CN(C)C)C(C)C. The molecule has 0 saturated carbocycles. The second kappa shape index (κ2) is 21.4. The minimum atomic E-state index is -0.771. The molecule has 1 aromatic rings. The van der Waals surface area contributed by atoms with Gasteiger partial charge in [0, 0.05) is 52.5 Å². The highest BCUT2D eigenvalue weighted by Crippen LogP contribution is 2.31. The minimum absolute atomic E-state index is 0.000633. The van der Waals surface area contributed by atoms with Crippen LogP contribution in [-0.4, -0.2) is 122 Å². The Balaban J connectivity index is 2.25. The highest BCUT2D eigenvalue weighted by Gasteiger charge is 2.43. The Morgan fingerprint density at radius 2 is 1.61 bits per heavy atom. The number of hydroxylamine groups is 1. The Kier molecular flexibility index (Phi) is 18.4. The summed E-state index contributed by atoms with van der Waals surface area (Å²) >= 11 is 0. The largest absolute Gasteiger partial charge is 0.379 e. The number of carbonyl (C=O) groups excluding carboxylic acids is 5. The minimum Gasteiger partial charge on any atom is -0.379 e. The molecular weight excluding hydrogens is 652 g/mol. The maximum Gasteiger partial charge on any atom is 0.247 e. The van der Waals surface area contributed by atoms with Crippen LogP contribution < -0.4 is 5.48 Å². The second-order valence-corrected chi connectivity index (χ2v) is 15.0. The van der Waals surface area contributed by atoms with Crippen LogP contribution in [0, 0.1) is 29.6 Å². The zero-order chi connectivity index (χ0) is 38.4. The van der Waals surface area contributed by atoms with Crippen molar-refractivity contribution in [1.82, 2.24) is 20.2 Å². The number of methoxy groups -OCH3 is 2. The lowest BCUT2D eigenvalue weighted by molar-refractivity contribution is -0.149. The van der Waals surface area contributed by atoms with Crippen LogP contribution >= 0.6 is 0 Å². The Bertz CT molecular complexity index is 1270. The van der Waals surface area contributed by atoms with E-state index in [1.165, 1.54) is 7.11 Å². The second-order valence-electron chi connectivity index (χ2n) is 15.0. The summed E-state index contributed by atoms with van der Waals surface area (Å²) in [6, 6.07) is 8.53. The summed E-state index contributed by atoms with van der Waals surface area (Å²) < 4.78 is 11.9. The Morgan fingerprint density at radius 1 is 0.961 bits per heavy atom. The van der Waals surface area contributed by atoms with Gasteiger partial charge in [-0.15, -0.1) is 0 Å². The van der Waals surface area contributed by atoms with E-state index in [2.05, 4.69) is 0 Å². The normalized spacial score (nSPS) is 18.8. The highest BCUT2D eigenvalue weighted by atomic mass is 16.5. The van der Waals surface area contributed by atoms with Gasteiger partial charge < -0.3 is 24.2 Å². The van der Waals surface area contributed by atoms with Crippen molar-refractivity contribution in [3.8, 4) is 0 Å². The molecule has 0 aromatic heterocycles. The van der Waals surface area contributed by atoms with Gasteiger partial charge in [-0.05, 0) is 50.8 Å². The molecule has 51 heavy (non-hydrogen) atoms. The molecule has 2 rings (SSSR count). The van der Waals surface area contributed by atoms with E-state index in [-0.39, 0.29) is 73.5 Å². The van der Waals surface area contributed by atoms with Gasteiger partial charge in [-0.3, -0.25) is 29.2 Å². The van der Waals surface area contributed by atoms with Gasteiger partial charge in [-0.1, -0.05) is 71.4 Å². The summed E-state index contributed by atoms with van der Waals surface area (Å²) in [6.45, 7) is 10.5. The summed E-state index contributed by atoms with van der Waals surface area (Å²) in [5.74, 6) is -3.06. The summed E-state index contributed by atoms with van der Waals surface area (Å²) in [4.78, 5) is 72.4. The molecule has 288 valence electrons. The number of rotatable bonds is 22. The molecule has 1 aliphatic heterocycles. The number of benzene rings is 1. The number of hydrogen-bond acceptors (Lipinski definition) is 9. The first-order valence-electron chi connectivity index (χ1n) is 18.4. The van der Waals surface area contributed by atoms with Crippen LogP contribution in [0.5, 0.6) is 0 Å². The molecule has 12 nitrogen and oxygen atoms in total. The average Bonchev–Trinajstić information content (AvgIpc) is 3.59. The molecule has 12 heteroatoms. The Hall–Kier alpha value is -3.19. The maximum absolute atomic E-state index is 14.1. The first-order valence-corrected chi connectivity index (χ1v) is 18.4. The predicted molar refractivity (Wildman–Crippen MR) is 196 cm³/mol. The van der Waals surface area contributed by atoms with Gasteiger partial charge in [0.2, 0.25) is 17.7 Å². The molecule has 1 saturated heterocycles. The summed E-state index contributed by atoms with van der Waals surface area (Å²) in [5, 5.41) is 9.39. The number of carbonyl (C=O) groups is 5. The molecular formula is C39H64N4O8. The smallest absolute Gasteiger partial charge is 0.247 e. The average molecular weight is 717 g/mol. The summed E-state index contributed by atoms with van der Waals surface area (Å²) in [7, 11) is 8.49. The number of nitrogens with one attached hydrogen (secondary N) is 1. The van der Waals surface area contributed by atoms with Crippen molar-refractivity contribution in [2.75, 3.05) is 48.5 Å². The van der Waals surface area contributed by atoms with E-state index in [0.29, 0.717) is 13.0 Å². The lowest BCUT2D eigenvalue weighted by atomic mass is 9.85. The van der Waals surface area contributed by atoms with E-state index in [4.69, 9.17) is 9.47 Å². The number of hydrogen-bond donors (Lipinski definition) is 2. The molecule has 1 aliphatic rings. The summed E-state index contributed by atoms with van der Waals surface area (Å²) in [5.41, 5.74) is 2.58. The molecule has 8 atom stereocenters. The molecule has 0 aliphatic carbocycles. The van der Waals surface area contributed by atoms with Crippen molar-refractivity contribution in [2.45, 2.75) is 104 Å². The van der Waals surface area contributed by atoms with Crippen molar-refractivity contribution in [1.29, 1.82) is 0 Å². The van der Waals surface area contributed by atoms with Crippen LogP contribution in [0.1, 0.15) is 78.7 Å². The Morgan fingerprint density at radius 3 is 2.14 bits per heavy atom. The number of ketones is 2. The fourth-order valence-electron chi connectivity index (χ4n) is 7.55. The molecule has 0 bridgehead atoms. The number of ether oxygens (including phenoxy) is 2. The van der Waals surface area contributed by atoms with Crippen LogP contribution in [0.4, 0.5) is 0 Å². The molecule has 3 amide bonds. The number of likely N-dealkylation sites (tertiary alicyclic amines) is 1. The lowest BCUT2D eigenvalue weighted by Gasteiger charge is -2.40. The quantitative estimate of drug-likeness (QED) is 0.134. The van der Waals surface area contributed by atoms with E-state index in [1.54, 1.807) is 41.3 Å². The molecule has 1 aromatic carbocycles. The van der Waals surface area contributed by atoms with E-state index in [9.17, 15) is 29.2 Å². The zero-order valence-corrected chi connectivity index (χ0v) is 32.6. The van der Waals surface area contributed by atoms with Crippen molar-refractivity contribution in [3.05, 3.63) is 35.9 Å². The van der Waals surface area contributed by atoms with Crippen LogP contribution in [-0.2, 0) is 39.9 Å². The van der Waals surface area contributed by atoms with Gasteiger partial charge in [0.15, 0.2) is 0 Å². The maximum atomic E-state index is 14.1. The van der Waals surface area contributed by atoms with Crippen molar-refractivity contribution in [3.63, 3.8) is 0 Å². The number of nitrogens with zero attached hydrogens (tertiary/aromatic N) is 3. The third-order valence-electron chi connectivity index (χ3n) is 10.7. The van der Waals surface area contributed by atoms with Crippen LogP contribution in [0.3, 0.4) is 0 Å². The van der Waals surface area contributed by atoms with Crippen LogP contribution in [0.15, 0.2) is 30.3 Å². The first-order chi connectivity index (χ1) is 24.1. The van der Waals surface area contributed by atoms with Crippen molar-refractivity contribution >= 4 is 29.3 Å². The van der Waals surface area contributed by atoms with Crippen molar-refractivity contribution < 1.29 is 38.7 Å². The third-order valence-corrected chi connectivity index (χ3v) is 10.7. The standard InChI is InChI=1S/C39H64N4O8/c1-11-26(4)36(42(8)39(48)31(25(2)3)22-30(44)24-41(6)7)34(50-9)23-35(46)43-19-15-18-32(43)37(51-10)27(5)33(45)21-29(38(47)40-49)20-28-16-13-12-14-17-28/h12-14,16-17,25-27,29,31-32,34,36-37,49H,11,15,18-24H2,1-10H3,(H,40,47)/t26-,27-,29+,31-,32-,34+,36-,37+/m0/s1. The van der Waals surface area contributed by atoms with Gasteiger partial charge in [-0.25, -0.2) is 5.48 Å². The van der Waals surface area contributed by atoms with Gasteiger partial charge in [0.1, 0.15) is 11.6 Å². The zero-order valence-electron chi connectivity index (χ0n) is 32.6. The molecule has 1 fully saturated rings.